The van der Waals surface area contributed by atoms with Gasteiger partial charge in [0.05, 0.1) is 17.7 Å². The first-order chi connectivity index (χ1) is 19.7. The molecule has 0 aliphatic carbocycles. The molecule has 4 amide bonds. The van der Waals surface area contributed by atoms with Crippen molar-refractivity contribution in [1.82, 2.24) is 21.3 Å². The van der Waals surface area contributed by atoms with Gasteiger partial charge in [-0.3, -0.25) is 19.2 Å². The standard InChI is InChI=1S/C31H46N4O7/c1-8-25(36)23(17-22-14-15-32-27(22)37)33-28(38)24(16-19(2)3)34-29(39)26(20(4)42-31(5,6)7)35-30(40)41-18-21-12-10-9-11-13-21/h8-13,19-20,22-24,26H,1,14-18H2,2-7H3,(H,32,37)(H,33,38)(H,34,39)(H,35,40)/t20-,22+,23+,24+,26+/m1/s1. The maximum atomic E-state index is 13.6. The molecule has 2 rings (SSSR count). The fourth-order valence-electron chi connectivity index (χ4n) is 4.69. The topological polar surface area (TPSA) is 152 Å². The summed E-state index contributed by atoms with van der Waals surface area (Å²) >= 11 is 0. The van der Waals surface area contributed by atoms with E-state index in [0.717, 1.165) is 11.6 Å². The molecule has 0 radical (unpaired) electrons. The fraction of sp³-hybridized carbons (Fsp3) is 0.581. The summed E-state index contributed by atoms with van der Waals surface area (Å²) in [5.74, 6) is -2.23. The number of hydrogen-bond acceptors (Lipinski definition) is 7. The number of ketones is 1. The SMILES string of the molecule is C=CC(=O)[C@H](C[C@@H]1CCNC1=O)NC(=O)[C@H](CC(C)C)NC(=O)[C@@H](NC(=O)OCc1ccccc1)[C@@H](C)OC(C)(C)C. The molecule has 1 saturated heterocycles. The van der Waals surface area contributed by atoms with Crippen LogP contribution in [0.15, 0.2) is 43.0 Å². The van der Waals surface area contributed by atoms with Gasteiger partial charge < -0.3 is 30.7 Å². The van der Waals surface area contributed by atoms with Crippen molar-refractivity contribution in [1.29, 1.82) is 0 Å². The molecule has 0 unspecified atom stereocenters. The van der Waals surface area contributed by atoms with E-state index in [9.17, 15) is 24.0 Å². The number of benzene rings is 1. The summed E-state index contributed by atoms with van der Waals surface area (Å²) in [5.41, 5.74) is 0.146. The van der Waals surface area contributed by atoms with Crippen LogP contribution in [-0.4, -0.2) is 66.0 Å². The van der Waals surface area contributed by atoms with Crippen LogP contribution in [-0.2, 0) is 35.3 Å². The number of carbonyl (C=O) groups is 5. The minimum atomic E-state index is -1.19. The molecule has 0 spiro atoms. The maximum Gasteiger partial charge on any atom is 0.408 e. The van der Waals surface area contributed by atoms with Crippen LogP contribution in [0.2, 0.25) is 0 Å². The second-order valence-corrected chi connectivity index (χ2v) is 12.0. The molecule has 1 aliphatic heterocycles. The zero-order valence-electron chi connectivity index (χ0n) is 25.5. The van der Waals surface area contributed by atoms with Gasteiger partial charge in [0.2, 0.25) is 17.7 Å². The van der Waals surface area contributed by atoms with E-state index in [2.05, 4.69) is 27.8 Å². The van der Waals surface area contributed by atoms with Crippen LogP contribution >= 0.6 is 0 Å². The second kappa shape index (κ2) is 16.1. The number of rotatable bonds is 15. The van der Waals surface area contributed by atoms with Crippen LogP contribution in [0.1, 0.15) is 66.4 Å². The van der Waals surface area contributed by atoms with Gasteiger partial charge in [0, 0.05) is 12.5 Å². The van der Waals surface area contributed by atoms with Crippen molar-refractivity contribution in [3.05, 3.63) is 48.6 Å². The van der Waals surface area contributed by atoms with Crippen molar-refractivity contribution < 1.29 is 33.4 Å². The minimum Gasteiger partial charge on any atom is -0.445 e. The zero-order valence-corrected chi connectivity index (χ0v) is 25.5. The van der Waals surface area contributed by atoms with Gasteiger partial charge in [0.15, 0.2) is 5.78 Å². The Balaban J connectivity index is 2.19. The van der Waals surface area contributed by atoms with Crippen molar-refractivity contribution in [2.45, 2.75) is 97.2 Å². The Labute approximate surface area is 248 Å². The molecule has 1 aromatic carbocycles. The predicted octanol–water partition coefficient (Wildman–Crippen LogP) is 2.78. The molecule has 5 atom stereocenters. The highest BCUT2D eigenvalue weighted by atomic mass is 16.6. The Morgan fingerprint density at radius 1 is 1.02 bits per heavy atom. The number of ether oxygens (including phenoxy) is 2. The van der Waals surface area contributed by atoms with Gasteiger partial charge in [-0.15, -0.1) is 0 Å². The van der Waals surface area contributed by atoms with Crippen LogP contribution in [0.4, 0.5) is 4.79 Å². The average Bonchev–Trinajstić information content (AvgIpc) is 3.32. The Kier molecular flexibility index (Phi) is 13.2. The molecule has 0 saturated carbocycles. The van der Waals surface area contributed by atoms with E-state index in [-0.39, 0.29) is 31.3 Å². The van der Waals surface area contributed by atoms with E-state index < -0.39 is 59.4 Å². The van der Waals surface area contributed by atoms with Gasteiger partial charge >= 0.3 is 6.09 Å². The van der Waals surface area contributed by atoms with E-state index in [4.69, 9.17) is 9.47 Å². The van der Waals surface area contributed by atoms with Crippen molar-refractivity contribution in [3.8, 4) is 0 Å². The number of nitrogens with one attached hydrogen (secondary N) is 4. The molecule has 0 aromatic heterocycles. The third-order valence-electron chi connectivity index (χ3n) is 6.66. The van der Waals surface area contributed by atoms with Crippen molar-refractivity contribution in [2.75, 3.05) is 6.54 Å². The molecule has 1 aliphatic rings. The summed E-state index contributed by atoms with van der Waals surface area (Å²) in [6.07, 6.45) is 0.448. The average molecular weight is 587 g/mol. The van der Waals surface area contributed by atoms with E-state index >= 15 is 0 Å². The van der Waals surface area contributed by atoms with Crippen molar-refractivity contribution >= 4 is 29.6 Å². The van der Waals surface area contributed by atoms with Gasteiger partial charge in [-0.05, 0) is 64.5 Å². The van der Waals surface area contributed by atoms with E-state index in [1.807, 2.05) is 52.8 Å². The lowest BCUT2D eigenvalue weighted by Gasteiger charge is -2.32. The Hall–Kier alpha value is -3.73. The molecule has 1 fully saturated rings. The molecule has 42 heavy (non-hydrogen) atoms. The van der Waals surface area contributed by atoms with Crippen LogP contribution < -0.4 is 21.3 Å². The fourth-order valence-corrected chi connectivity index (χ4v) is 4.69. The minimum absolute atomic E-state index is 0.000659. The van der Waals surface area contributed by atoms with Gasteiger partial charge in [-0.2, -0.15) is 0 Å². The normalized spacial score (nSPS) is 17.8. The molecule has 232 valence electrons. The summed E-state index contributed by atoms with van der Waals surface area (Å²) in [6, 6.07) is 5.91. The summed E-state index contributed by atoms with van der Waals surface area (Å²) in [6.45, 7) is 14.9. The Morgan fingerprint density at radius 3 is 2.21 bits per heavy atom. The van der Waals surface area contributed by atoms with E-state index in [0.29, 0.717) is 13.0 Å². The monoisotopic (exact) mass is 586 g/mol. The Morgan fingerprint density at radius 2 is 1.67 bits per heavy atom. The molecule has 0 bridgehead atoms. The highest BCUT2D eigenvalue weighted by Crippen LogP contribution is 2.18. The second-order valence-electron chi connectivity index (χ2n) is 12.0. The molecular formula is C31H46N4O7. The first-order valence-corrected chi connectivity index (χ1v) is 14.4. The lowest BCUT2D eigenvalue weighted by Crippen LogP contribution is -2.59. The summed E-state index contributed by atoms with van der Waals surface area (Å²) in [5, 5.41) is 10.8. The molecule has 4 N–H and O–H groups in total. The third kappa shape index (κ3) is 11.6. The first kappa shape index (κ1) is 34.5. The van der Waals surface area contributed by atoms with Gasteiger partial charge in [-0.1, -0.05) is 50.8 Å². The zero-order chi connectivity index (χ0) is 31.4. The number of alkyl carbamates (subject to hydrolysis) is 1. The third-order valence-corrected chi connectivity index (χ3v) is 6.66. The summed E-state index contributed by atoms with van der Waals surface area (Å²) in [4.78, 5) is 64.5. The van der Waals surface area contributed by atoms with Gasteiger partial charge in [-0.25, -0.2) is 4.79 Å². The molecule has 1 aromatic rings. The summed E-state index contributed by atoms with van der Waals surface area (Å²) in [7, 11) is 0. The number of carbonyl (C=O) groups excluding carboxylic acids is 5. The molecular weight excluding hydrogens is 540 g/mol. The lowest BCUT2D eigenvalue weighted by molar-refractivity contribution is -0.136. The highest BCUT2D eigenvalue weighted by Gasteiger charge is 2.36. The van der Waals surface area contributed by atoms with Crippen LogP contribution in [0, 0.1) is 11.8 Å². The van der Waals surface area contributed by atoms with Crippen molar-refractivity contribution in [2.24, 2.45) is 11.8 Å². The number of amides is 4. The van der Waals surface area contributed by atoms with Gasteiger partial charge in [0.25, 0.3) is 0 Å². The van der Waals surface area contributed by atoms with Crippen molar-refractivity contribution in [3.63, 3.8) is 0 Å². The summed E-state index contributed by atoms with van der Waals surface area (Å²) < 4.78 is 11.3. The maximum absolute atomic E-state index is 13.6. The van der Waals surface area contributed by atoms with Crippen LogP contribution in [0.25, 0.3) is 0 Å². The molecule has 1 heterocycles. The number of hydrogen-bond donors (Lipinski definition) is 4. The van der Waals surface area contributed by atoms with E-state index in [1.54, 1.807) is 19.1 Å². The largest absolute Gasteiger partial charge is 0.445 e. The Bertz CT molecular complexity index is 1100. The quantitative estimate of drug-likeness (QED) is 0.231. The predicted molar refractivity (Wildman–Crippen MR) is 158 cm³/mol. The van der Waals surface area contributed by atoms with Gasteiger partial charge in [0.1, 0.15) is 18.7 Å². The molecule has 11 heteroatoms. The van der Waals surface area contributed by atoms with E-state index in [1.165, 1.54) is 0 Å². The van der Waals surface area contributed by atoms with Crippen LogP contribution in [0.3, 0.4) is 0 Å². The first-order valence-electron chi connectivity index (χ1n) is 14.4. The smallest absolute Gasteiger partial charge is 0.408 e. The van der Waals surface area contributed by atoms with Crippen LogP contribution in [0.5, 0.6) is 0 Å². The molecule has 11 nitrogen and oxygen atoms in total. The highest BCUT2D eigenvalue weighted by molar-refractivity contribution is 5.98. The lowest BCUT2D eigenvalue weighted by atomic mass is 9.95.